The molecule has 1 saturated heterocycles. The molecule has 0 aliphatic carbocycles. The third kappa shape index (κ3) is 5.99. The van der Waals surface area contributed by atoms with Crippen LogP contribution in [-0.4, -0.2) is 81.3 Å². The third-order valence-electron chi connectivity index (χ3n) is 6.44. The predicted octanol–water partition coefficient (Wildman–Crippen LogP) is 2.33. The van der Waals surface area contributed by atoms with Crippen LogP contribution in [0.1, 0.15) is 15.9 Å². The van der Waals surface area contributed by atoms with Crippen LogP contribution in [0.2, 0.25) is 0 Å². The predicted molar refractivity (Wildman–Crippen MR) is 134 cm³/mol. The number of pyridine rings is 1. The zero-order valence-corrected chi connectivity index (χ0v) is 21.0. The fourth-order valence-corrected chi connectivity index (χ4v) is 4.41. The Labute approximate surface area is 228 Å². The van der Waals surface area contributed by atoms with E-state index in [-0.39, 0.29) is 38.5 Å². The van der Waals surface area contributed by atoms with Gasteiger partial charge in [-0.05, 0) is 18.2 Å². The number of ether oxygens (including phenoxy) is 1. The Morgan fingerprint density at radius 3 is 2.20 bits per heavy atom. The van der Waals surface area contributed by atoms with Crippen LogP contribution in [0.3, 0.4) is 0 Å². The number of hydrogen-bond donors (Lipinski definition) is 3. The molecule has 2 heterocycles. The number of rotatable bonds is 8. The van der Waals surface area contributed by atoms with Crippen LogP contribution in [0.15, 0.2) is 47.3 Å². The van der Waals surface area contributed by atoms with Crippen LogP contribution < -0.4 is 16.0 Å². The number of piperazine rings is 1. The first-order valence-electron chi connectivity index (χ1n) is 12.0. The molecule has 0 saturated carbocycles. The molecule has 2 aromatic carbocycles. The topological polar surface area (TPSA) is 155 Å². The molecule has 1 atom stereocenters. The minimum atomic E-state index is -1.36. The summed E-state index contributed by atoms with van der Waals surface area (Å²) in [5.74, 6) is -8.05. The van der Waals surface area contributed by atoms with Gasteiger partial charge in [-0.2, -0.15) is 0 Å². The fraction of sp³-hybridized carbons (Fsp3) is 0.231. The second-order valence-electron chi connectivity index (χ2n) is 8.97. The summed E-state index contributed by atoms with van der Waals surface area (Å²) in [6.07, 6.45) is -1.36. The number of hydrogen-bond acceptors (Lipinski definition) is 7. The molecule has 1 aliphatic heterocycles. The van der Waals surface area contributed by atoms with E-state index in [4.69, 9.17) is 15.6 Å². The van der Waals surface area contributed by atoms with Crippen molar-refractivity contribution in [3.05, 3.63) is 87.2 Å². The van der Waals surface area contributed by atoms with Crippen molar-refractivity contribution >= 4 is 23.7 Å². The summed E-state index contributed by atoms with van der Waals surface area (Å²) in [7, 11) is 0. The van der Waals surface area contributed by atoms with Crippen LogP contribution in [0.5, 0.6) is 5.75 Å². The van der Waals surface area contributed by atoms with Gasteiger partial charge in [0.15, 0.2) is 17.4 Å². The molecule has 3 aromatic rings. The van der Waals surface area contributed by atoms with Gasteiger partial charge in [-0.3, -0.25) is 24.0 Å². The van der Waals surface area contributed by atoms with E-state index >= 15 is 8.78 Å². The van der Waals surface area contributed by atoms with E-state index in [1.54, 1.807) is 4.90 Å². The highest BCUT2D eigenvalue weighted by Crippen LogP contribution is 2.27. The molecule has 1 aromatic heterocycles. The van der Waals surface area contributed by atoms with E-state index in [1.165, 1.54) is 0 Å². The minimum Gasteiger partial charge on any atom is -0.492 e. The van der Waals surface area contributed by atoms with Gasteiger partial charge in [-0.1, -0.05) is 0 Å². The molecule has 4 N–H and O–H groups in total. The lowest BCUT2D eigenvalue weighted by atomic mass is 10.0. The number of benzene rings is 2. The SMILES string of the molecule is Nc1c(C(=O)c2ccc(F)cc2F)ccc(=O)n1-c1c(F)cc(OCCN2CCN(C(=O)O)C(C(=O)O)C2)cc1F. The molecule has 4 rings (SSSR count). The molecule has 1 fully saturated rings. The van der Waals surface area contributed by atoms with Gasteiger partial charge in [-0.25, -0.2) is 27.2 Å². The number of carbonyl (C=O) groups is 3. The van der Waals surface area contributed by atoms with Crippen LogP contribution in [0.4, 0.5) is 28.2 Å². The van der Waals surface area contributed by atoms with Gasteiger partial charge in [-0.15, -0.1) is 0 Å². The number of carboxylic acid groups (broad SMARTS) is 2. The molecule has 0 radical (unpaired) electrons. The first kappa shape index (κ1) is 29.1. The van der Waals surface area contributed by atoms with Gasteiger partial charge < -0.3 is 20.7 Å². The molecule has 1 aliphatic rings. The van der Waals surface area contributed by atoms with E-state index in [2.05, 4.69) is 0 Å². The van der Waals surface area contributed by atoms with Crippen molar-refractivity contribution in [2.45, 2.75) is 6.04 Å². The first-order valence-corrected chi connectivity index (χ1v) is 12.0. The standard InChI is InChI=1S/C26H22F4N4O7/c27-13-1-2-15(17(28)9-13)23(36)16-3-4-21(35)34(24(16)31)22-18(29)10-14(11-19(22)30)41-8-7-32-5-6-33(26(39)40)20(12-32)25(37)38/h1-4,9-11,20H,5-8,12,31H2,(H,37,38)(H,39,40). The monoisotopic (exact) mass is 578 g/mol. The van der Waals surface area contributed by atoms with E-state index in [1.807, 2.05) is 0 Å². The van der Waals surface area contributed by atoms with Crippen LogP contribution in [-0.2, 0) is 4.79 Å². The van der Waals surface area contributed by atoms with Crippen molar-refractivity contribution < 1.29 is 46.9 Å². The van der Waals surface area contributed by atoms with E-state index in [9.17, 15) is 33.1 Å². The number of nitrogens with zero attached hydrogens (tertiary/aromatic N) is 3. The number of aromatic nitrogens is 1. The lowest BCUT2D eigenvalue weighted by Gasteiger charge is -2.37. The van der Waals surface area contributed by atoms with Crippen LogP contribution in [0.25, 0.3) is 5.69 Å². The highest BCUT2D eigenvalue weighted by atomic mass is 19.1. The molecule has 0 bridgehead atoms. The number of aliphatic carboxylic acids is 1. The van der Waals surface area contributed by atoms with E-state index in [0.29, 0.717) is 10.6 Å². The maximum absolute atomic E-state index is 15.1. The second-order valence-corrected chi connectivity index (χ2v) is 8.97. The Bertz CT molecular complexity index is 1570. The number of amides is 1. The molecular formula is C26H22F4N4O7. The fourth-order valence-electron chi connectivity index (χ4n) is 4.41. The van der Waals surface area contributed by atoms with Crippen molar-refractivity contribution in [1.82, 2.24) is 14.4 Å². The van der Waals surface area contributed by atoms with E-state index < -0.39 is 75.3 Å². The average Bonchev–Trinajstić information content (AvgIpc) is 2.89. The smallest absolute Gasteiger partial charge is 0.408 e. The number of anilines is 1. The summed E-state index contributed by atoms with van der Waals surface area (Å²) in [6, 6.07) is 4.17. The summed E-state index contributed by atoms with van der Waals surface area (Å²) in [5, 5.41) is 18.4. The van der Waals surface area contributed by atoms with Crippen molar-refractivity contribution in [2.24, 2.45) is 0 Å². The van der Waals surface area contributed by atoms with Gasteiger partial charge in [0.1, 0.15) is 41.5 Å². The zero-order valence-electron chi connectivity index (χ0n) is 21.0. The quantitative estimate of drug-likeness (QED) is 0.270. The average molecular weight is 578 g/mol. The van der Waals surface area contributed by atoms with Gasteiger partial charge in [0.05, 0.1) is 11.1 Å². The summed E-state index contributed by atoms with van der Waals surface area (Å²) >= 11 is 0. The molecule has 15 heteroatoms. The highest BCUT2D eigenvalue weighted by molar-refractivity contribution is 6.11. The lowest BCUT2D eigenvalue weighted by Crippen LogP contribution is -2.58. The Balaban J connectivity index is 1.53. The molecule has 41 heavy (non-hydrogen) atoms. The molecule has 11 nitrogen and oxygen atoms in total. The minimum absolute atomic E-state index is 0.0597. The number of carboxylic acids is 1. The van der Waals surface area contributed by atoms with Gasteiger partial charge >= 0.3 is 12.1 Å². The van der Waals surface area contributed by atoms with Crippen molar-refractivity contribution in [3.63, 3.8) is 0 Å². The van der Waals surface area contributed by atoms with Gasteiger partial charge in [0.25, 0.3) is 5.56 Å². The van der Waals surface area contributed by atoms with Crippen LogP contribution >= 0.6 is 0 Å². The number of ketones is 1. The van der Waals surface area contributed by atoms with Crippen molar-refractivity contribution in [1.29, 1.82) is 0 Å². The molecule has 0 spiro atoms. The largest absolute Gasteiger partial charge is 0.492 e. The zero-order chi connectivity index (χ0) is 30.0. The number of carbonyl (C=O) groups excluding carboxylic acids is 1. The second kappa shape index (κ2) is 11.7. The highest BCUT2D eigenvalue weighted by Gasteiger charge is 2.35. The first-order chi connectivity index (χ1) is 19.4. The lowest BCUT2D eigenvalue weighted by molar-refractivity contribution is -0.144. The maximum atomic E-state index is 15.1. The van der Waals surface area contributed by atoms with Gasteiger partial charge in [0, 0.05) is 50.4 Å². The summed E-state index contributed by atoms with van der Waals surface area (Å²) in [5.41, 5.74) is 2.96. The Kier molecular flexibility index (Phi) is 8.28. The summed E-state index contributed by atoms with van der Waals surface area (Å²) in [6.45, 7) is -0.00657. The number of nitrogen functional groups attached to an aromatic ring is 1. The normalized spacial score (nSPS) is 15.5. The van der Waals surface area contributed by atoms with Crippen LogP contribution in [0, 0.1) is 23.3 Å². The third-order valence-corrected chi connectivity index (χ3v) is 6.44. The summed E-state index contributed by atoms with van der Waals surface area (Å²) in [4.78, 5) is 50.4. The van der Waals surface area contributed by atoms with E-state index in [0.717, 1.165) is 41.3 Å². The number of nitrogens with two attached hydrogens (primary N) is 1. The molecule has 1 amide bonds. The van der Waals surface area contributed by atoms with Crippen molar-refractivity contribution in [2.75, 3.05) is 38.5 Å². The Hall–Kier alpha value is -4.92. The van der Waals surface area contributed by atoms with Gasteiger partial charge in [0.2, 0.25) is 0 Å². The Morgan fingerprint density at radius 2 is 1.59 bits per heavy atom. The maximum Gasteiger partial charge on any atom is 0.408 e. The summed E-state index contributed by atoms with van der Waals surface area (Å²) < 4.78 is 63.4. The molecule has 1 unspecified atom stereocenters. The molecular weight excluding hydrogens is 556 g/mol. The number of halogens is 4. The Morgan fingerprint density at radius 1 is 0.927 bits per heavy atom. The molecule has 216 valence electrons. The van der Waals surface area contributed by atoms with Crippen molar-refractivity contribution in [3.8, 4) is 11.4 Å².